The minimum atomic E-state index is 0.330. The minimum absolute atomic E-state index is 0.330. The molecule has 2 atom stereocenters. The third-order valence-electron chi connectivity index (χ3n) is 4.35. The number of hydrogen-bond donors (Lipinski definition) is 0. The van der Waals surface area contributed by atoms with Crippen molar-refractivity contribution in [1.82, 2.24) is 4.90 Å². The lowest BCUT2D eigenvalue weighted by Crippen LogP contribution is -2.46. The maximum Gasteiger partial charge on any atom is 0.137 e. The molecule has 0 radical (unpaired) electrons. The van der Waals surface area contributed by atoms with E-state index < -0.39 is 0 Å². The van der Waals surface area contributed by atoms with Crippen LogP contribution >= 0.6 is 0 Å². The molecule has 18 heavy (non-hydrogen) atoms. The molecule has 0 spiro atoms. The van der Waals surface area contributed by atoms with Gasteiger partial charge >= 0.3 is 0 Å². The molecule has 104 valence electrons. The number of ether oxygens (including phenoxy) is 1. The first-order chi connectivity index (χ1) is 8.83. The van der Waals surface area contributed by atoms with Crippen LogP contribution < -0.4 is 0 Å². The van der Waals surface area contributed by atoms with Crippen molar-refractivity contribution < 1.29 is 9.53 Å². The van der Waals surface area contributed by atoms with Crippen molar-refractivity contribution in [2.45, 2.75) is 57.9 Å². The Morgan fingerprint density at radius 1 is 1.22 bits per heavy atom. The second-order valence-corrected chi connectivity index (χ2v) is 5.68. The van der Waals surface area contributed by atoms with Gasteiger partial charge in [-0.2, -0.15) is 0 Å². The first kappa shape index (κ1) is 14.0. The summed E-state index contributed by atoms with van der Waals surface area (Å²) in [6.45, 7) is 5.99. The van der Waals surface area contributed by atoms with E-state index in [9.17, 15) is 4.79 Å². The van der Waals surface area contributed by atoms with E-state index in [-0.39, 0.29) is 0 Å². The van der Waals surface area contributed by atoms with Crippen LogP contribution in [0.3, 0.4) is 0 Å². The van der Waals surface area contributed by atoms with Gasteiger partial charge in [0.25, 0.3) is 0 Å². The Balaban J connectivity index is 1.83. The quantitative estimate of drug-likeness (QED) is 0.682. The van der Waals surface area contributed by atoms with Crippen molar-refractivity contribution in [3.8, 4) is 0 Å². The van der Waals surface area contributed by atoms with E-state index in [2.05, 4.69) is 11.8 Å². The van der Waals surface area contributed by atoms with Crippen LogP contribution in [0.5, 0.6) is 0 Å². The molecule has 0 N–H and O–H groups in total. The molecule has 0 amide bonds. The number of rotatable bonds is 6. The van der Waals surface area contributed by atoms with Crippen LogP contribution in [0.15, 0.2) is 0 Å². The number of hydrogen-bond acceptors (Lipinski definition) is 3. The number of nitrogens with zero attached hydrogens (tertiary/aromatic N) is 1. The second-order valence-electron chi connectivity index (χ2n) is 5.68. The summed E-state index contributed by atoms with van der Waals surface area (Å²) in [4.78, 5) is 14.5. The molecule has 1 saturated carbocycles. The lowest BCUT2D eigenvalue weighted by Gasteiger charge is -2.38. The van der Waals surface area contributed by atoms with Crippen molar-refractivity contribution in [2.24, 2.45) is 5.92 Å². The summed E-state index contributed by atoms with van der Waals surface area (Å²) < 4.78 is 5.60. The molecular formula is C15H27NO2. The fourth-order valence-electron chi connectivity index (χ4n) is 3.43. The van der Waals surface area contributed by atoms with Crippen LogP contribution in [0.1, 0.15) is 51.9 Å². The van der Waals surface area contributed by atoms with E-state index in [0.717, 1.165) is 52.0 Å². The summed E-state index contributed by atoms with van der Waals surface area (Å²) in [5.41, 5.74) is 0. The van der Waals surface area contributed by atoms with Crippen LogP contribution in [0.4, 0.5) is 0 Å². The molecule has 2 rings (SSSR count). The maximum absolute atomic E-state index is 11.9. The SMILES string of the molecule is CCCOCCN1CCCCC1C1CCCC1=O. The van der Waals surface area contributed by atoms with Crippen LogP contribution in [-0.2, 0) is 9.53 Å². The molecule has 3 heteroatoms. The van der Waals surface area contributed by atoms with Crippen LogP contribution in [-0.4, -0.2) is 43.0 Å². The third-order valence-corrected chi connectivity index (χ3v) is 4.35. The lowest BCUT2D eigenvalue weighted by molar-refractivity contribution is -0.123. The van der Waals surface area contributed by atoms with Gasteiger partial charge in [0, 0.05) is 31.5 Å². The topological polar surface area (TPSA) is 29.5 Å². The number of Topliss-reactive ketones (excluding diaryl/α,β-unsaturated/α-hetero) is 1. The highest BCUT2D eigenvalue weighted by Gasteiger charge is 2.36. The predicted molar refractivity (Wildman–Crippen MR) is 72.7 cm³/mol. The molecule has 0 bridgehead atoms. The molecule has 1 heterocycles. The van der Waals surface area contributed by atoms with E-state index in [1.54, 1.807) is 0 Å². The minimum Gasteiger partial charge on any atom is -0.380 e. The van der Waals surface area contributed by atoms with Crippen molar-refractivity contribution in [2.75, 3.05) is 26.3 Å². The Hall–Kier alpha value is -0.410. The average Bonchev–Trinajstić information content (AvgIpc) is 2.81. The highest BCUT2D eigenvalue weighted by molar-refractivity contribution is 5.83. The Morgan fingerprint density at radius 3 is 2.83 bits per heavy atom. The fraction of sp³-hybridized carbons (Fsp3) is 0.933. The summed E-state index contributed by atoms with van der Waals surface area (Å²) in [5, 5.41) is 0. The van der Waals surface area contributed by atoms with Gasteiger partial charge in [-0.1, -0.05) is 13.3 Å². The molecule has 1 saturated heterocycles. The highest BCUT2D eigenvalue weighted by Crippen LogP contribution is 2.32. The number of piperidine rings is 1. The van der Waals surface area contributed by atoms with E-state index in [4.69, 9.17) is 4.74 Å². The summed E-state index contributed by atoms with van der Waals surface area (Å²) >= 11 is 0. The standard InChI is InChI=1S/C15H27NO2/c1-2-11-18-12-10-16-9-4-3-7-14(16)13-6-5-8-15(13)17/h13-14H,2-12H2,1H3. The van der Waals surface area contributed by atoms with Crippen molar-refractivity contribution in [3.63, 3.8) is 0 Å². The Labute approximate surface area is 111 Å². The van der Waals surface area contributed by atoms with E-state index in [1.807, 2.05) is 0 Å². The van der Waals surface area contributed by atoms with E-state index >= 15 is 0 Å². The maximum atomic E-state index is 11.9. The molecule has 2 fully saturated rings. The molecule has 2 aliphatic rings. The van der Waals surface area contributed by atoms with Crippen LogP contribution in [0.2, 0.25) is 0 Å². The Morgan fingerprint density at radius 2 is 2.11 bits per heavy atom. The van der Waals surface area contributed by atoms with Crippen molar-refractivity contribution in [3.05, 3.63) is 0 Å². The van der Waals surface area contributed by atoms with Crippen LogP contribution in [0, 0.1) is 5.92 Å². The van der Waals surface area contributed by atoms with E-state index in [1.165, 1.54) is 19.3 Å². The molecular weight excluding hydrogens is 226 g/mol. The zero-order valence-electron chi connectivity index (χ0n) is 11.7. The van der Waals surface area contributed by atoms with Gasteiger partial charge in [0.15, 0.2) is 0 Å². The van der Waals surface area contributed by atoms with E-state index in [0.29, 0.717) is 17.7 Å². The summed E-state index contributed by atoms with van der Waals surface area (Å²) in [7, 11) is 0. The number of carbonyl (C=O) groups is 1. The number of carbonyl (C=O) groups excluding carboxylic acids is 1. The van der Waals surface area contributed by atoms with Gasteiger partial charge in [0.05, 0.1) is 6.61 Å². The monoisotopic (exact) mass is 253 g/mol. The first-order valence-corrected chi connectivity index (χ1v) is 7.67. The summed E-state index contributed by atoms with van der Waals surface area (Å²) in [6.07, 6.45) is 7.93. The number of ketones is 1. The molecule has 1 aliphatic heterocycles. The van der Waals surface area contributed by atoms with Gasteiger partial charge in [-0.05, 0) is 38.6 Å². The largest absolute Gasteiger partial charge is 0.380 e. The zero-order valence-corrected chi connectivity index (χ0v) is 11.7. The van der Waals surface area contributed by atoms with Crippen molar-refractivity contribution in [1.29, 1.82) is 0 Å². The fourth-order valence-corrected chi connectivity index (χ4v) is 3.43. The van der Waals surface area contributed by atoms with Crippen molar-refractivity contribution >= 4 is 5.78 Å². The molecule has 1 aliphatic carbocycles. The Bertz CT molecular complexity index is 267. The highest BCUT2D eigenvalue weighted by atomic mass is 16.5. The molecule has 2 unspecified atom stereocenters. The molecule has 3 nitrogen and oxygen atoms in total. The summed E-state index contributed by atoms with van der Waals surface area (Å²) in [5.74, 6) is 0.845. The second kappa shape index (κ2) is 7.25. The zero-order chi connectivity index (χ0) is 12.8. The molecule has 0 aromatic carbocycles. The summed E-state index contributed by atoms with van der Waals surface area (Å²) in [6, 6.07) is 0.513. The first-order valence-electron chi connectivity index (χ1n) is 7.67. The van der Waals surface area contributed by atoms with Crippen LogP contribution in [0.25, 0.3) is 0 Å². The molecule has 0 aromatic heterocycles. The van der Waals surface area contributed by atoms with Gasteiger partial charge in [-0.15, -0.1) is 0 Å². The number of likely N-dealkylation sites (tertiary alicyclic amines) is 1. The molecule has 0 aromatic rings. The van der Waals surface area contributed by atoms with Gasteiger partial charge in [-0.25, -0.2) is 0 Å². The Kier molecular flexibility index (Phi) is 5.64. The van der Waals surface area contributed by atoms with Gasteiger partial charge in [0.2, 0.25) is 0 Å². The van der Waals surface area contributed by atoms with Gasteiger partial charge in [-0.3, -0.25) is 9.69 Å². The van der Waals surface area contributed by atoms with Gasteiger partial charge in [0.1, 0.15) is 5.78 Å². The average molecular weight is 253 g/mol. The smallest absolute Gasteiger partial charge is 0.137 e. The van der Waals surface area contributed by atoms with Gasteiger partial charge < -0.3 is 4.74 Å². The third kappa shape index (κ3) is 3.55. The predicted octanol–water partition coefficient (Wildman–Crippen LogP) is 2.64. The normalized spacial score (nSPS) is 29.9. The lowest BCUT2D eigenvalue weighted by atomic mass is 9.88.